The number of ketones is 1. The molecule has 0 radical (unpaired) electrons. The van der Waals surface area contributed by atoms with Crippen molar-refractivity contribution in [3.63, 3.8) is 0 Å². The van der Waals surface area contributed by atoms with E-state index in [1.54, 1.807) is 23.4 Å². The van der Waals surface area contributed by atoms with Gasteiger partial charge in [0.25, 0.3) is 0 Å². The molecular weight excluding hydrogens is 254 g/mol. The summed E-state index contributed by atoms with van der Waals surface area (Å²) in [5, 5.41) is 0. The van der Waals surface area contributed by atoms with Crippen LogP contribution in [0.25, 0.3) is 0 Å². The topological polar surface area (TPSA) is 55.2 Å². The highest BCUT2D eigenvalue weighted by Crippen LogP contribution is 2.27. The monoisotopic (exact) mass is 269 g/mol. The Hall–Kier alpha value is -2.43. The Labute approximate surface area is 116 Å². The Bertz CT molecular complexity index is 676. The van der Waals surface area contributed by atoms with Crippen molar-refractivity contribution in [3.8, 4) is 0 Å². The number of amides is 1. The predicted molar refractivity (Wildman–Crippen MR) is 74.9 cm³/mol. The maximum atomic E-state index is 12.3. The fraction of sp³-hybridized carbons (Fsp3) is 0.267. The molecule has 3 rings (SSSR count). The van der Waals surface area contributed by atoms with Crippen LogP contribution < -0.4 is 4.90 Å². The van der Waals surface area contributed by atoms with E-state index in [1.807, 2.05) is 23.6 Å². The maximum Gasteiger partial charge on any atom is 0.214 e. The number of anilines is 1. The molecule has 0 spiro atoms. The lowest BCUT2D eigenvalue weighted by Crippen LogP contribution is -2.17. The zero-order chi connectivity index (χ0) is 14.1. The van der Waals surface area contributed by atoms with Gasteiger partial charge in [0.05, 0.1) is 6.54 Å². The number of hydrogen-bond acceptors (Lipinski definition) is 3. The molecule has 102 valence electrons. The molecule has 0 fully saturated rings. The van der Waals surface area contributed by atoms with Crippen LogP contribution in [0, 0.1) is 6.92 Å². The minimum Gasteiger partial charge on any atom is -0.327 e. The number of aromatic nitrogens is 2. The van der Waals surface area contributed by atoms with Crippen molar-refractivity contribution in [2.24, 2.45) is 0 Å². The van der Waals surface area contributed by atoms with Crippen molar-refractivity contribution in [2.75, 3.05) is 11.4 Å². The van der Waals surface area contributed by atoms with Crippen molar-refractivity contribution >= 4 is 17.9 Å². The normalized spacial score (nSPS) is 13.3. The molecule has 1 aromatic carbocycles. The lowest BCUT2D eigenvalue weighted by Gasteiger charge is -2.10. The van der Waals surface area contributed by atoms with Gasteiger partial charge in [0, 0.05) is 30.2 Å². The number of carbonyl (C=O) groups is 2. The van der Waals surface area contributed by atoms with Gasteiger partial charge in [0.1, 0.15) is 5.82 Å². The van der Waals surface area contributed by atoms with E-state index in [0.29, 0.717) is 18.7 Å². The zero-order valence-corrected chi connectivity index (χ0v) is 11.2. The van der Waals surface area contributed by atoms with Crippen molar-refractivity contribution in [2.45, 2.75) is 19.9 Å². The summed E-state index contributed by atoms with van der Waals surface area (Å²) in [6.07, 6.45) is 5.13. The van der Waals surface area contributed by atoms with E-state index in [4.69, 9.17) is 0 Å². The smallest absolute Gasteiger partial charge is 0.214 e. The molecule has 0 unspecified atom stereocenters. The average Bonchev–Trinajstić information content (AvgIpc) is 3.04. The molecule has 20 heavy (non-hydrogen) atoms. The van der Waals surface area contributed by atoms with Gasteiger partial charge >= 0.3 is 0 Å². The Balaban J connectivity index is 1.83. The Morgan fingerprint density at radius 3 is 3.00 bits per heavy atom. The van der Waals surface area contributed by atoms with E-state index >= 15 is 0 Å². The van der Waals surface area contributed by atoms with Crippen LogP contribution in [-0.4, -0.2) is 28.3 Å². The van der Waals surface area contributed by atoms with Crippen LogP contribution in [0.4, 0.5) is 5.69 Å². The SMILES string of the molecule is Cc1nccn1CC(=O)c1ccc2c(c1)CCN2C=O. The van der Waals surface area contributed by atoms with Crippen molar-refractivity contribution in [1.82, 2.24) is 9.55 Å². The fourth-order valence-corrected chi connectivity index (χ4v) is 2.53. The van der Waals surface area contributed by atoms with Gasteiger partial charge in [-0.1, -0.05) is 0 Å². The van der Waals surface area contributed by atoms with Gasteiger partial charge in [-0.2, -0.15) is 0 Å². The van der Waals surface area contributed by atoms with Gasteiger partial charge in [-0.05, 0) is 37.1 Å². The number of rotatable bonds is 4. The molecule has 0 atom stereocenters. The van der Waals surface area contributed by atoms with Crippen LogP contribution in [0.15, 0.2) is 30.6 Å². The highest BCUT2D eigenvalue weighted by atomic mass is 16.1. The maximum absolute atomic E-state index is 12.3. The fourth-order valence-electron chi connectivity index (χ4n) is 2.53. The minimum atomic E-state index is 0.0541. The van der Waals surface area contributed by atoms with Crippen molar-refractivity contribution in [1.29, 1.82) is 0 Å². The van der Waals surface area contributed by atoms with Gasteiger partial charge in [0.2, 0.25) is 6.41 Å². The standard InChI is InChI=1S/C15H15N3O2/c1-11-16-5-7-17(11)9-15(20)13-2-3-14-12(8-13)4-6-18(14)10-19/h2-3,5,7-8,10H,4,6,9H2,1H3. The summed E-state index contributed by atoms with van der Waals surface area (Å²) >= 11 is 0. The minimum absolute atomic E-state index is 0.0541. The molecule has 5 nitrogen and oxygen atoms in total. The summed E-state index contributed by atoms with van der Waals surface area (Å²) in [5.74, 6) is 0.880. The first kappa shape index (κ1) is 12.6. The number of benzene rings is 1. The van der Waals surface area contributed by atoms with Gasteiger partial charge < -0.3 is 9.47 Å². The first-order valence-electron chi connectivity index (χ1n) is 6.55. The number of aryl methyl sites for hydroxylation is 1. The van der Waals surface area contributed by atoms with Crippen LogP contribution in [-0.2, 0) is 17.8 Å². The van der Waals surface area contributed by atoms with Crippen LogP contribution in [0.1, 0.15) is 21.7 Å². The van der Waals surface area contributed by atoms with Gasteiger partial charge in [-0.25, -0.2) is 4.98 Å². The third-order valence-electron chi connectivity index (χ3n) is 3.70. The molecule has 1 aliphatic rings. The summed E-state index contributed by atoms with van der Waals surface area (Å²) in [6.45, 7) is 2.86. The largest absolute Gasteiger partial charge is 0.327 e. The quantitative estimate of drug-likeness (QED) is 0.625. The Morgan fingerprint density at radius 2 is 2.30 bits per heavy atom. The molecule has 1 amide bonds. The summed E-state index contributed by atoms with van der Waals surface area (Å²) < 4.78 is 1.83. The molecule has 0 bridgehead atoms. The van der Waals surface area contributed by atoms with Gasteiger partial charge in [0.15, 0.2) is 5.78 Å². The Morgan fingerprint density at radius 1 is 1.45 bits per heavy atom. The van der Waals surface area contributed by atoms with Gasteiger partial charge in [-0.3, -0.25) is 9.59 Å². The molecule has 1 aromatic heterocycles. The molecule has 0 saturated heterocycles. The van der Waals surface area contributed by atoms with E-state index < -0.39 is 0 Å². The zero-order valence-electron chi connectivity index (χ0n) is 11.2. The van der Waals surface area contributed by atoms with E-state index in [0.717, 1.165) is 29.9 Å². The number of Topliss-reactive ketones (excluding diaryl/α,β-unsaturated/α-hetero) is 1. The summed E-state index contributed by atoms with van der Waals surface area (Å²) in [4.78, 5) is 28.9. The summed E-state index contributed by atoms with van der Waals surface area (Å²) in [6, 6.07) is 5.54. The van der Waals surface area contributed by atoms with E-state index in [-0.39, 0.29) is 5.78 Å². The number of imidazole rings is 1. The van der Waals surface area contributed by atoms with E-state index in [1.165, 1.54) is 0 Å². The van der Waals surface area contributed by atoms with Crippen molar-refractivity contribution in [3.05, 3.63) is 47.5 Å². The second-order valence-corrected chi connectivity index (χ2v) is 4.92. The molecule has 5 heteroatoms. The predicted octanol–water partition coefficient (Wildman–Crippen LogP) is 1.59. The molecular formula is C15H15N3O2. The highest BCUT2D eigenvalue weighted by Gasteiger charge is 2.20. The van der Waals surface area contributed by atoms with Crippen LogP contribution >= 0.6 is 0 Å². The molecule has 0 saturated carbocycles. The first-order valence-corrected chi connectivity index (χ1v) is 6.55. The second-order valence-electron chi connectivity index (χ2n) is 4.92. The average molecular weight is 269 g/mol. The lowest BCUT2D eigenvalue weighted by molar-refractivity contribution is -0.107. The van der Waals surface area contributed by atoms with Crippen LogP contribution in [0.2, 0.25) is 0 Å². The molecule has 0 N–H and O–H groups in total. The Kier molecular flexibility index (Phi) is 3.10. The molecule has 1 aliphatic heterocycles. The number of hydrogen-bond donors (Lipinski definition) is 0. The van der Waals surface area contributed by atoms with Crippen LogP contribution in [0.3, 0.4) is 0 Å². The first-order chi connectivity index (χ1) is 9.69. The third kappa shape index (κ3) is 2.11. The lowest BCUT2D eigenvalue weighted by atomic mass is 10.1. The molecule has 0 aliphatic carbocycles. The number of carbonyl (C=O) groups excluding carboxylic acids is 2. The van der Waals surface area contributed by atoms with E-state index in [9.17, 15) is 9.59 Å². The highest BCUT2D eigenvalue weighted by molar-refractivity contribution is 5.97. The van der Waals surface area contributed by atoms with Gasteiger partial charge in [-0.15, -0.1) is 0 Å². The van der Waals surface area contributed by atoms with Crippen molar-refractivity contribution < 1.29 is 9.59 Å². The summed E-state index contributed by atoms with van der Waals surface area (Å²) in [5.41, 5.74) is 2.66. The number of fused-ring (bicyclic) bond motifs is 1. The molecule has 2 heterocycles. The number of nitrogens with zero attached hydrogens (tertiary/aromatic N) is 3. The van der Waals surface area contributed by atoms with E-state index in [2.05, 4.69) is 4.98 Å². The third-order valence-corrected chi connectivity index (χ3v) is 3.70. The van der Waals surface area contributed by atoms with Crippen LogP contribution in [0.5, 0.6) is 0 Å². The summed E-state index contributed by atoms with van der Waals surface area (Å²) in [7, 11) is 0. The second kappa shape index (κ2) is 4.92. The molecule has 2 aromatic rings.